The number of ether oxygens (including phenoxy) is 1. The number of imidazole rings is 1. The first-order valence-corrected chi connectivity index (χ1v) is 13.2. The Morgan fingerprint density at radius 1 is 1.15 bits per heavy atom. The molecule has 4 nitrogen and oxygen atoms in total. The number of rotatable bonds is 4. The fraction of sp³-hybridized carbons (Fsp3) is 0.409. The summed E-state index contributed by atoms with van der Waals surface area (Å²) in [7, 11) is 0.767. The molecular weight excluding hydrogens is 350 g/mol. The van der Waals surface area contributed by atoms with Crippen LogP contribution in [0.25, 0.3) is 11.0 Å². The first-order valence-electron chi connectivity index (χ1n) is 9.74. The largest absolute Gasteiger partial charge is 0.371 e. The van der Waals surface area contributed by atoms with E-state index in [1.54, 1.807) is 0 Å². The van der Waals surface area contributed by atoms with E-state index in [9.17, 15) is 0 Å². The van der Waals surface area contributed by atoms with E-state index in [0.717, 1.165) is 37.3 Å². The Kier molecular flexibility index (Phi) is 4.93. The number of nitrogens with zero attached hydrogens (tertiary/aromatic N) is 3. The lowest BCUT2D eigenvalue weighted by Crippen LogP contribution is -2.39. The zero-order valence-electron chi connectivity index (χ0n) is 16.8. The summed E-state index contributed by atoms with van der Waals surface area (Å²) in [6.07, 6.45) is 1.99. The number of fused-ring (bicyclic) bond motifs is 1. The average molecular weight is 380 g/mol. The Balaban J connectivity index is 1.50. The van der Waals surface area contributed by atoms with Crippen LogP contribution in [-0.4, -0.2) is 42.2 Å². The minimum absolute atomic E-state index is 0.123. The van der Waals surface area contributed by atoms with Crippen molar-refractivity contribution in [2.24, 2.45) is 7.05 Å². The maximum atomic E-state index is 6.11. The molecule has 2 aromatic carbocycles. The van der Waals surface area contributed by atoms with Crippen LogP contribution in [0.15, 0.2) is 48.8 Å². The predicted molar refractivity (Wildman–Crippen MR) is 114 cm³/mol. The highest BCUT2D eigenvalue weighted by Gasteiger charge is 2.23. The molecule has 27 heavy (non-hydrogen) atoms. The van der Waals surface area contributed by atoms with Gasteiger partial charge in [0.05, 0.1) is 38.1 Å². The minimum Gasteiger partial charge on any atom is -0.371 e. The molecule has 0 N–H and O–H groups in total. The van der Waals surface area contributed by atoms with E-state index in [4.69, 9.17) is 4.74 Å². The lowest BCUT2D eigenvalue weighted by molar-refractivity contribution is -0.0328. The van der Waals surface area contributed by atoms with Gasteiger partial charge in [-0.25, -0.2) is 4.98 Å². The van der Waals surface area contributed by atoms with Crippen LogP contribution in [0.1, 0.15) is 17.2 Å². The Bertz CT molecular complexity index is 944. The van der Waals surface area contributed by atoms with Gasteiger partial charge in [0.25, 0.3) is 0 Å². The smallest absolute Gasteiger partial charge is 0.0955 e. The second-order valence-corrected chi connectivity index (χ2v) is 13.7. The van der Waals surface area contributed by atoms with Crippen molar-refractivity contribution in [1.82, 2.24) is 14.5 Å². The molecule has 0 aliphatic carbocycles. The van der Waals surface area contributed by atoms with Gasteiger partial charge in [-0.2, -0.15) is 0 Å². The van der Waals surface area contributed by atoms with Crippen LogP contribution < -0.4 is 5.19 Å². The van der Waals surface area contributed by atoms with E-state index in [-0.39, 0.29) is 6.10 Å². The standard InChI is InChI=1S/C22H29N3OSi/c1-24-16-23-20-9-8-18(13-21(20)24)22-15-25(10-11-26-22)14-17-6-5-7-19(12-17)27(2,3)4/h5-9,12-13,16,22H,10-11,14-15H2,1-4H3/t22-/m1/s1. The molecule has 1 aliphatic rings. The summed E-state index contributed by atoms with van der Waals surface area (Å²) in [6.45, 7) is 10.9. The predicted octanol–water partition coefficient (Wildman–Crippen LogP) is 3.69. The summed E-state index contributed by atoms with van der Waals surface area (Å²) in [5, 5.41) is 1.53. The van der Waals surface area contributed by atoms with Crippen molar-refractivity contribution in [2.75, 3.05) is 19.7 Å². The fourth-order valence-electron chi connectivity index (χ4n) is 3.79. The fourth-order valence-corrected chi connectivity index (χ4v) is 5.00. The number of aromatic nitrogens is 2. The molecule has 0 spiro atoms. The molecule has 4 rings (SSSR count). The number of hydrogen-bond acceptors (Lipinski definition) is 3. The van der Waals surface area contributed by atoms with E-state index < -0.39 is 8.07 Å². The summed E-state index contributed by atoms with van der Waals surface area (Å²) >= 11 is 0. The molecule has 142 valence electrons. The second-order valence-electron chi connectivity index (χ2n) is 8.65. The third-order valence-electron chi connectivity index (χ3n) is 5.47. The number of benzene rings is 2. The third-order valence-corrected chi connectivity index (χ3v) is 7.51. The maximum Gasteiger partial charge on any atom is 0.0955 e. The van der Waals surface area contributed by atoms with Gasteiger partial charge in [0.15, 0.2) is 0 Å². The monoisotopic (exact) mass is 379 g/mol. The molecule has 3 aromatic rings. The van der Waals surface area contributed by atoms with Gasteiger partial charge in [-0.1, -0.05) is 55.2 Å². The molecule has 1 aliphatic heterocycles. The first kappa shape index (κ1) is 18.4. The lowest BCUT2D eigenvalue weighted by atomic mass is 10.1. The van der Waals surface area contributed by atoms with Crippen molar-refractivity contribution in [1.29, 1.82) is 0 Å². The quantitative estimate of drug-likeness (QED) is 0.648. The van der Waals surface area contributed by atoms with Crippen LogP contribution in [-0.2, 0) is 18.3 Å². The summed E-state index contributed by atoms with van der Waals surface area (Å²) in [4.78, 5) is 6.94. The molecule has 1 aromatic heterocycles. The van der Waals surface area contributed by atoms with Crippen molar-refractivity contribution < 1.29 is 4.74 Å². The topological polar surface area (TPSA) is 30.3 Å². The number of hydrogen-bond donors (Lipinski definition) is 0. The van der Waals surface area contributed by atoms with Crippen molar-refractivity contribution in [3.63, 3.8) is 0 Å². The van der Waals surface area contributed by atoms with Gasteiger partial charge < -0.3 is 9.30 Å². The molecule has 2 heterocycles. The maximum absolute atomic E-state index is 6.11. The SMILES string of the molecule is Cn1cnc2ccc([C@H]3CN(Cc4cccc([Si](C)(C)C)c4)CCO3)cc21. The van der Waals surface area contributed by atoms with Crippen LogP contribution in [0.3, 0.4) is 0 Å². The molecule has 1 atom stereocenters. The van der Waals surface area contributed by atoms with Crippen molar-refractivity contribution in [3.05, 3.63) is 59.9 Å². The number of morpholine rings is 1. The average Bonchev–Trinajstić information content (AvgIpc) is 3.02. The molecule has 1 saturated heterocycles. The van der Waals surface area contributed by atoms with Crippen molar-refractivity contribution in [3.8, 4) is 0 Å². The molecule has 0 unspecified atom stereocenters. The highest BCUT2D eigenvalue weighted by atomic mass is 28.3. The van der Waals surface area contributed by atoms with Crippen LogP contribution in [0.5, 0.6) is 0 Å². The molecule has 0 saturated carbocycles. The Hall–Kier alpha value is -1.95. The molecule has 0 amide bonds. The second kappa shape index (κ2) is 7.22. The summed E-state index contributed by atoms with van der Waals surface area (Å²) < 4.78 is 8.18. The number of aryl methyl sites for hydroxylation is 1. The highest BCUT2D eigenvalue weighted by molar-refractivity contribution is 6.88. The van der Waals surface area contributed by atoms with Crippen LogP contribution >= 0.6 is 0 Å². The third kappa shape index (κ3) is 4.00. The summed E-state index contributed by atoms with van der Waals surface area (Å²) in [6, 6.07) is 15.7. The van der Waals surface area contributed by atoms with E-state index in [1.165, 1.54) is 16.3 Å². The summed E-state index contributed by atoms with van der Waals surface area (Å²) in [5.74, 6) is 0. The van der Waals surface area contributed by atoms with Gasteiger partial charge in [0.1, 0.15) is 0 Å². The first-order chi connectivity index (χ1) is 12.9. The lowest BCUT2D eigenvalue weighted by Gasteiger charge is -2.33. The zero-order valence-corrected chi connectivity index (χ0v) is 17.8. The van der Waals surface area contributed by atoms with Gasteiger partial charge in [0, 0.05) is 26.7 Å². The molecule has 0 radical (unpaired) electrons. The summed E-state index contributed by atoms with van der Waals surface area (Å²) in [5.41, 5.74) is 4.86. The van der Waals surface area contributed by atoms with Gasteiger partial charge in [-0.05, 0) is 23.3 Å². The van der Waals surface area contributed by atoms with E-state index in [2.05, 4.69) is 76.6 Å². The van der Waals surface area contributed by atoms with E-state index in [1.807, 2.05) is 13.4 Å². The molecule has 1 fully saturated rings. The molecular formula is C22H29N3OSi. The van der Waals surface area contributed by atoms with Gasteiger partial charge in [-0.15, -0.1) is 0 Å². The van der Waals surface area contributed by atoms with Crippen molar-refractivity contribution in [2.45, 2.75) is 32.3 Å². The highest BCUT2D eigenvalue weighted by Crippen LogP contribution is 2.26. The minimum atomic E-state index is -1.27. The van der Waals surface area contributed by atoms with Gasteiger partial charge >= 0.3 is 0 Å². The zero-order chi connectivity index (χ0) is 19.0. The van der Waals surface area contributed by atoms with E-state index in [0.29, 0.717) is 0 Å². The molecule has 5 heteroatoms. The molecule has 0 bridgehead atoms. The van der Waals surface area contributed by atoms with E-state index >= 15 is 0 Å². The van der Waals surface area contributed by atoms with Gasteiger partial charge in [0.2, 0.25) is 0 Å². The Labute approximate surface area is 162 Å². The van der Waals surface area contributed by atoms with Crippen LogP contribution in [0.4, 0.5) is 0 Å². The normalized spacial score (nSPS) is 18.9. The van der Waals surface area contributed by atoms with Crippen LogP contribution in [0, 0.1) is 0 Å². The Morgan fingerprint density at radius 3 is 2.81 bits per heavy atom. The van der Waals surface area contributed by atoms with Crippen LogP contribution in [0.2, 0.25) is 19.6 Å². The van der Waals surface area contributed by atoms with Crippen molar-refractivity contribution >= 4 is 24.3 Å². The Morgan fingerprint density at radius 2 is 2.00 bits per heavy atom. The van der Waals surface area contributed by atoms with Gasteiger partial charge in [-0.3, -0.25) is 4.90 Å².